The molecular weight excluding hydrogens is 271 g/mol. The second-order valence-corrected chi connectivity index (χ2v) is 5.22. The van der Waals surface area contributed by atoms with Crippen molar-refractivity contribution in [3.8, 4) is 0 Å². The van der Waals surface area contributed by atoms with E-state index in [-0.39, 0.29) is 11.8 Å². The molecule has 0 aliphatic rings. The molecule has 0 fully saturated rings. The van der Waals surface area contributed by atoms with Crippen LogP contribution >= 0.6 is 0 Å². The third-order valence-electron chi connectivity index (χ3n) is 3.46. The lowest BCUT2D eigenvalue weighted by molar-refractivity contribution is -0.152. The summed E-state index contributed by atoms with van der Waals surface area (Å²) in [5.74, 6) is -0.721. The summed E-state index contributed by atoms with van der Waals surface area (Å²) >= 11 is 0. The Hall–Kier alpha value is -1.46. The highest BCUT2D eigenvalue weighted by Crippen LogP contribution is 2.27. The predicted octanol–water partition coefficient (Wildman–Crippen LogP) is 2.15. The molecule has 0 aliphatic carbocycles. The molecule has 1 aromatic rings. The summed E-state index contributed by atoms with van der Waals surface area (Å²) in [5, 5.41) is 3.26. The number of benzene rings is 1. The van der Waals surface area contributed by atoms with Gasteiger partial charge in [0, 0.05) is 13.1 Å². The van der Waals surface area contributed by atoms with Gasteiger partial charge in [0.2, 0.25) is 0 Å². The zero-order valence-electron chi connectivity index (χ0n) is 13.3. The summed E-state index contributed by atoms with van der Waals surface area (Å²) in [6.07, 6.45) is 0.489. The molecule has 0 aromatic heterocycles. The van der Waals surface area contributed by atoms with Crippen molar-refractivity contribution in [1.29, 1.82) is 0 Å². The molecule has 0 aliphatic heterocycles. The number of likely N-dealkylation sites (N-methyl/N-ethyl adjacent to an activating group) is 1. The molecule has 1 unspecified atom stereocenters. The van der Waals surface area contributed by atoms with Crippen molar-refractivity contribution >= 4 is 5.97 Å². The Morgan fingerprint density at radius 2 is 2.10 bits per heavy atom. The van der Waals surface area contributed by atoms with Gasteiger partial charge in [-0.2, -0.15) is 0 Å². The van der Waals surface area contributed by atoms with Crippen molar-refractivity contribution in [2.24, 2.45) is 0 Å². The number of carbonyl (C=O) groups is 1. The van der Waals surface area contributed by atoms with E-state index >= 15 is 0 Å². The Bertz CT molecular complexity index is 465. The fourth-order valence-corrected chi connectivity index (χ4v) is 2.27. The Labute approximate surface area is 126 Å². The van der Waals surface area contributed by atoms with Gasteiger partial charge in [0.1, 0.15) is 11.4 Å². The van der Waals surface area contributed by atoms with Crippen molar-refractivity contribution in [2.45, 2.75) is 25.8 Å². The van der Waals surface area contributed by atoms with E-state index in [1.54, 1.807) is 19.1 Å². The summed E-state index contributed by atoms with van der Waals surface area (Å²) in [7, 11) is 3.92. The normalized spacial score (nSPS) is 14.0. The molecule has 0 saturated carbocycles. The number of ether oxygens (including phenoxy) is 1. The van der Waals surface area contributed by atoms with E-state index in [0.717, 1.165) is 6.54 Å². The smallest absolute Gasteiger partial charge is 0.330 e. The molecule has 0 radical (unpaired) electrons. The van der Waals surface area contributed by atoms with Crippen LogP contribution in [0, 0.1) is 5.82 Å². The first kappa shape index (κ1) is 17.6. The highest BCUT2D eigenvalue weighted by molar-refractivity contribution is 5.82. The molecule has 1 atom stereocenters. The van der Waals surface area contributed by atoms with Crippen LogP contribution in [0.3, 0.4) is 0 Å². The monoisotopic (exact) mass is 296 g/mol. The molecule has 0 heterocycles. The molecule has 21 heavy (non-hydrogen) atoms. The van der Waals surface area contributed by atoms with Gasteiger partial charge in [-0.05, 0) is 45.1 Å². The lowest BCUT2D eigenvalue weighted by Gasteiger charge is -2.32. The van der Waals surface area contributed by atoms with E-state index in [2.05, 4.69) is 5.32 Å². The minimum absolute atomic E-state index is 0.297. The zero-order chi connectivity index (χ0) is 15.9. The van der Waals surface area contributed by atoms with Crippen LogP contribution in [-0.2, 0) is 15.1 Å². The number of hydrogen-bond donors (Lipinski definition) is 1. The quantitative estimate of drug-likeness (QED) is 0.746. The summed E-state index contributed by atoms with van der Waals surface area (Å²) in [4.78, 5) is 14.5. The molecule has 0 bridgehead atoms. The number of nitrogens with zero attached hydrogens (tertiary/aromatic N) is 1. The maximum atomic E-state index is 13.5. The average Bonchev–Trinajstić information content (AvgIpc) is 2.43. The van der Waals surface area contributed by atoms with Gasteiger partial charge in [0.05, 0.1) is 6.61 Å². The number of carbonyl (C=O) groups excluding carboxylic acids is 1. The van der Waals surface area contributed by atoms with E-state index in [9.17, 15) is 9.18 Å². The van der Waals surface area contributed by atoms with Crippen molar-refractivity contribution in [2.75, 3.05) is 33.8 Å². The highest BCUT2D eigenvalue weighted by atomic mass is 19.1. The molecule has 1 N–H and O–H groups in total. The number of halogens is 1. The van der Waals surface area contributed by atoms with Gasteiger partial charge in [-0.3, -0.25) is 5.32 Å². The molecule has 5 heteroatoms. The molecule has 0 amide bonds. The first-order valence-corrected chi connectivity index (χ1v) is 7.29. The number of rotatable bonds is 8. The molecule has 118 valence electrons. The molecule has 0 saturated heterocycles. The number of esters is 1. The van der Waals surface area contributed by atoms with Crippen LogP contribution in [-0.4, -0.2) is 44.7 Å². The van der Waals surface area contributed by atoms with Crippen LogP contribution in [0.5, 0.6) is 0 Å². The Kier molecular flexibility index (Phi) is 6.78. The highest BCUT2D eigenvalue weighted by Gasteiger charge is 2.39. The van der Waals surface area contributed by atoms with Gasteiger partial charge in [0.15, 0.2) is 0 Å². The standard InChI is InChI=1S/C16H25FN2O2/c1-5-16(15(20)21-6-2,18-10-11-19(3)4)13-8-7-9-14(17)12-13/h7-9,12,18H,5-6,10-11H2,1-4H3. The van der Waals surface area contributed by atoms with Gasteiger partial charge in [-0.15, -0.1) is 0 Å². The third kappa shape index (κ3) is 4.51. The van der Waals surface area contributed by atoms with Gasteiger partial charge in [-0.1, -0.05) is 19.1 Å². The maximum absolute atomic E-state index is 13.5. The first-order chi connectivity index (χ1) is 9.96. The fourth-order valence-electron chi connectivity index (χ4n) is 2.27. The third-order valence-corrected chi connectivity index (χ3v) is 3.46. The zero-order valence-corrected chi connectivity index (χ0v) is 13.3. The summed E-state index contributed by atoms with van der Waals surface area (Å²) in [5.41, 5.74) is -0.407. The van der Waals surface area contributed by atoms with Crippen LogP contribution in [0.1, 0.15) is 25.8 Å². The Morgan fingerprint density at radius 3 is 2.62 bits per heavy atom. The lowest BCUT2D eigenvalue weighted by atomic mass is 9.87. The van der Waals surface area contributed by atoms with E-state index in [1.807, 2.05) is 25.9 Å². The summed E-state index contributed by atoms with van der Waals surface area (Å²) in [6, 6.07) is 6.13. The van der Waals surface area contributed by atoms with Crippen LogP contribution < -0.4 is 5.32 Å². The minimum Gasteiger partial charge on any atom is -0.464 e. The van der Waals surface area contributed by atoms with Crippen LogP contribution in [0.15, 0.2) is 24.3 Å². The van der Waals surface area contributed by atoms with Gasteiger partial charge in [-0.25, -0.2) is 9.18 Å². The van der Waals surface area contributed by atoms with Crippen LogP contribution in [0.2, 0.25) is 0 Å². The average molecular weight is 296 g/mol. The van der Waals surface area contributed by atoms with Gasteiger partial charge >= 0.3 is 5.97 Å². The SMILES string of the molecule is CCOC(=O)C(CC)(NCCN(C)C)c1cccc(F)c1. The van der Waals surface area contributed by atoms with E-state index < -0.39 is 5.54 Å². The van der Waals surface area contributed by atoms with E-state index in [0.29, 0.717) is 25.1 Å². The summed E-state index contributed by atoms with van der Waals surface area (Å²) in [6.45, 7) is 5.34. The largest absolute Gasteiger partial charge is 0.464 e. The second-order valence-electron chi connectivity index (χ2n) is 5.22. The maximum Gasteiger partial charge on any atom is 0.330 e. The fraction of sp³-hybridized carbons (Fsp3) is 0.562. The Morgan fingerprint density at radius 1 is 1.38 bits per heavy atom. The van der Waals surface area contributed by atoms with Crippen LogP contribution in [0.25, 0.3) is 0 Å². The topological polar surface area (TPSA) is 41.6 Å². The second kappa shape index (κ2) is 8.10. The molecule has 0 spiro atoms. The van der Waals surface area contributed by atoms with Gasteiger partial charge < -0.3 is 9.64 Å². The molecule has 4 nitrogen and oxygen atoms in total. The molecule has 1 rings (SSSR count). The predicted molar refractivity (Wildman–Crippen MR) is 81.6 cm³/mol. The minimum atomic E-state index is -1.01. The van der Waals surface area contributed by atoms with Crippen molar-refractivity contribution in [3.63, 3.8) is 0 Å². The Balaban J connectivity index is 3.09. The van der Waals surface area contributed by atoms with E-state index in [1.165, 1.54) is 12.1 Å². The molecular formula is C16H25FN2O2. The molecule has 1 aromatic carbocycles. The van der Waals surface area contributed by atoms with Crippen molar-refractivity contribution < 1.29 is 13.9 Å². The van der Waals surface area contributed by atoms with Crippen molar-refractivity contribution in [3.05, 3.63) is 35.6 Å². The number of nitrogens with one attached hydrogen (secondary N) is 1. The van der Waals surface area contributed by atoms with E-state index in [4.69, 9.17) is 4.74 Å². The van der Waals surface area contributed by atoms with Crippen LogP contribution in [0.4, 0.5) is 4.39 Å². The van der Waals surface area contributed by atoms with Gasteiger partial charge in [0.25, 0.3) is 0 Å². The van der Waals surface area contributed by atoms with Crippen molar-refractivity contribution in [1.82, 2.24) is 10.2 Å². The summed E-state index contributed by atoms with van der Waals surface area (Å²) < 4.78 is 18.8. The number of hydrogen-bond acceptors (Lipinski definition) is 4. The lowest BCUT2D eigenvalue weighted by Crippen LogP contribution is -2.51. The first-order valence-electron chi connectivity index (χ1n) is 7.29.